The molecule has 0 aliphatic carbocycles. The Morgan fingerprint density at radius 1 is 1.10 bits per heavy atom. The molecule has 0 aliphatic rings. The van der Waals surface area contributed by atoms with Crippen LogP contribution in [0.3, 0.4) is 0 Å². The molecule has 0 saturated heterocycles. The third-order valence-electron chi connectivity index (χ3n) is 3.56. The summed E-state index contributed by atoms with van der Waals surface area (Å²) in [5, 5.41) is 3.84. The summed E-state index contributed by atoms with van der Waals surface area (Å²) in [5.41, 5.74) is 1.64. The van der Waals surface area contributed by atoms with E-state index < -0.39 is 0 Å². The molecule has 0 bridgehead atoms. The predicted molar refractivity (Wildman–Crippen MR) is 88.4 cm³/mol. The van der Waals surface area contributed by atoms with Gasteiger partial charge in [-0.1, -0.05) is 68.1 Å². The molecule has 0 aromatic heterocycles. The molecule has 1 nitrogen and oxygen atoms in total. The van der Waals surface area contributed by atoms with Gasteiger partial charge in [0.15, 0.2) is 0 Å². The van der Waals surface area contributed by atoms with E-state index in [-0.39, 0.29) is 11.9 Å². The Morgan fingerprint density at radius 2 is 1.86 bits per heavy atom. The van der Waals surface area contributed by atoms with Gasteiger partial charge in [0.1, 0.15) is 5.82 Å². The van der Waals surface area contributed by atoms with E-state index in [2.05, 4.69) is 24.4 Å². The zero-order valence-electron chi connectivity index (χ0n) is 12.3. The second-order valence-electron chi connectivity index (χ2n) is 5.23. The van der Waals surface area contributed by atoms with E-state index in [0.717, 1.165) is 12.8 Å². The summed E-state index contributed by atoms with van der Waals surface area (Å²) in [5.74, 6) is -0.268. The molecular weight excluding hydrogens is 285 g/mol. The van der Waals surface area contributed by atoms with Gasteiger partial charge in [0.25, 0.3) is 0 Å². The topological polar surface area (TPSA) is 12.0 Å². The highest BCUT2D eigenvalue weighted by Gasteiger charge is 2.13. The molecule has 1 atom stereocenters. The van der Waals surface area contributed by atoms with Crippen LogP contribution in [0, 0.1) is 5.82 Å². The molecule has 0 fully saturated rings. The smallest absolute Gasteiger partial charge is 0.146 e. The average Bonchev–Trinajstić information content (AvgIpc) is 2.51. The van der Waals surface area contributed by atoms with Crippen LogP contribution in [0.15, 0.2) is 48.5 Å². The monoisotopic (exact) mass is 305 g/mol. The average molecular weight is 306 g/mol. The van der Waals surface area contributed by atoms with Crippen LogP contribution < -0.4 is 5.32 Å². The van der Waals surface area contributed by atoms with Crippen LogP contribution >= 0.6 is 11.6 Å². The molecule has 0 saturated carbocycles. The molecule has 3 heteroatoms. The summed E-state index contributed by atoms with van der Waals surface area (Å²) in [6.45, 7) is 2.18. The number of halogens is 2. The number of nitrogens with one attached hydrogen (secondary N) is 1. The Labute approximate surface area is 131 Å². The maximum atomic E-state index is 13.9. The summed E-state index contributed by atoms with van der Waals surface area (Å²) in [7, 11) is 0. The molecule has 2 aromatic carbocycles. The van der Waals surface area contributed by atoms with Crippen LogP contribution in [0.4, 0.5) is 10.1 Å². The van der Waals surface area contributed by atoms with Crippen LogP contribution in [-0.4, -0.2) is 0 Å². The summed E-state index contributed by atoms with van der Waals surface area (Å²) < 4.78 is 13.9. The zero-order valence-corrected chi connectivity index (χ0v) is 13.0. The fourth-order valence-electron chi connectivity index (χ4n) is 2.40. The third-order valence-corrected chi connectivity index (χ3v) is 3.79. The Morgan fingerprint density at radius 3 is 2.57 bits per heavy atom. The molecule has 21 heavy (non-hydrogen) atoms. The van der Waals surface area contributed by atoms with Crippen molar-refractivity contribution in [3.05, 3.63) is 64.9 Å². The minimum atomic E-state index is -0.268. The first-order chi connectivity index (χ1) is 10.2. The predicted octanol–water partition coefficient (Wildman–Crippen LogP) is 6.21. The lowest BCUT2D eigenvalue weighted by Gasteiger charge is -2.21. The SMILES string of the molecule is CCCCCC(Nc1cc(Cl)ccc1F)c1ccccc1. The van der Waals surface area contributed by atoms with E-state index in [1.165, 1.54) is 24.5 Å². The Hall–Kier alpha value is -1.54. The molecule has 0 radical (unpaired) electrons. The lowest BCUT2D eigenvalue weighted by Crippen LogP contribution is -2.12. The second-order valence-corrected chi connectivity index (χ2v) is 5.66. The molecule has 2 rings (SSSR count). The van der Waals surface area contributed by atoms with Crippen molar-refractivity contribution in [2.24, 2.45) is 0 Å². The van der Waals surface area contributed by atoms with Crippen LogP contribution in [-0.2, 0) is 0 Å². The minimum absolute atomic E-state index is 0.103. The molecule has 1 unspecified atom stereocenters. The first kappa shape index (κ1) is 15.8. The number of hydrogen-bond acceptors (Lipinski definition) is 1. The van der Waals surface area contributed by atoms with E-state index in [4.69, 9.17) is 11.6 Å². The minimum Gasteiger partial charge on any atom is -0.376 e. The maximum Gasteiger partial charge on any atom is 0.146 e. The molecule has 112 valence electrons. The molecule has 0 spiro atoms. The molecule has 2 aromatic rings. The van der Waals surface area contributed by atoms with Crippen LogP contribution in [0.1, 0.15) is 44.2 Å². The van der Waals surface area contributed by atoms with Gasteiger partial charge in [0.2, 0.25) is 0 Å². The molecule has 1 N–H and O–H groups in total. The van der Waals surface area contributed by atoms with Crippen molar-refractivity contribution in [3.63, 3.8) is 0 Å². The largest absolute Gasteiger partial charge is 0.376 e. The quantitative estimate of drug-likeness (QED) is 0.599. The van der Waals surface area contributed by atoms with Gasteiger partial charge in [0.05, 0.1) is 11.7 Å². The van der Waals surface area contributed by atoms with E-state index in [1.54, 1.807) is 12.1 Å². The lowest BCUT2D eigenvalue weighted by atomic mass is 10.00. The van der Waals surface area contributed by atoms with Gasteiger partial charge in [-0.2, -0.15) is 0 Å². The standard InChI is InChI=1S/C18H21ClFN/c1-2-3-5-10-17(14-8-6-4-7-9-14)21-18-13-15(19)11-12-16(18)20/h4,6-9,11-13,17,21H,2-3,5,10H2,1H3. The van der Waals surface area contributed by atoms with Crippen molar-refractivity contribution in [1.29, 1.82) is 0 Å². The van der Waals surface area contributed by atoms with Crippen molar-refractivity contribution in [3.8, 4) is 0 Å². The first-order valence-electron chi connectivity index (χ1n) is 7.47. The van der Waals surface area contributed by atoms with Crippen molar-refractivity contribution >= 4 is 17.3 Å². The Kier molecular flexibility index (Phi) is 6.06. The summed E-state index contributed by atoms with van der Waals surface area (Å²) in [6, 6.07) is 14.9. The highest BCUT2D eigenvalue weighted by molar-refractivity contribution is 6.30. The zero-order chi connectivity index (χ0) is 15.1. The fourth-order valence-corrected chi connectivity index (χ4v) is 2.57. The van der Waals surface area contributed by atoms with E-state index in [0.29, 0.717) is 10.7 Å². The summed E-state index contributed by atoms with van der Waals surface area (Å²) >= 11 is 5.97. The van der Waals surface area contributed by atoms with Crippen molar-refractivity contribution in [2.45, 2.75) is 38.6 Å². The Balaban J connectivity index is 2.17. The number of anilines is 1. The van der Waals surface area contributed by atoms with Gasteiger partial charge in [-0.05, 0) is 30.2 Å². The van der Waals surface area contributed by atoms with Crippen molar-refractivity contribution < 1.29 is 4.39 Å². The van der Waals surface area contributed by atoms with Gasteiger partial charge >= 0.3 is 0 Å². The van der Waals surface area contributed by atoms with Gasteiger partial charge in [-0.15, -0.1) is 0 Å². The highest BCUT2D eigenvalue weighted by atomic mass is 35.5. The molecular formula is C18H21ClFN. The number of unbranched alkanes of at least 4 members (excludes halogenated alkanes) is 2. The summed E-state index contributed by atoms with van der Waals surface area (Å²) in [4.78, 5) is 0. The van der Waals surface area contributed by atoms with Crippen LogP contribution in [0.5, 0.6) is 0 Å². The van der Waals surface area contributed by atoms with E-state index >= 15 is 0 Å². The molecule has 0 aliphatic heterocycles. The van der Waals surface area contributed by atoms with Crippen LogP contribution in [0.2, 0.25) is 5.02 Å². The third kappa shape index (κ3) is 4.75. The van der Waals surface area contributed by atoms with Crippen LogP contribution in [0.25, 0.3) is 0 Å². The fraction of sp³-hybridized carbons (Fsp3) is 0.333. The maximum absolute atomic E-state index is 13.9. The van der Waals surface area contributed by atoms with E-state index in [1.807, 2.05) is 18.2 Å². The second kappa shape index (κ2) is 8.04. The van der Waals surface area contributed by atoms with Gasteiger partial charge in [-0.3, -0.25) is 0 Å². The molecule has 0 amide bonds. The lowest BCUT2D eigenvalue weighted by molar-refractivity contribution is 0.593. The van der Waals surface area contributed by atoms with Gasteiger partial charge in [0, 0.05) is 5.02 Å². The number of rotatable bonds is 7. The van der Waals surface area contributed by atoms with Gasteiger partial charge < -0.3 is 5.32 Å². The normalized spacial score (nSPS) is 12.1. The highest BCUT2D eigenvalue weighted by Crippen LogP contribution is 2.28. The van der Waals surface area contributed by atoms with Gasteiger partial charge in [-0.25, -0.2) is 4.39 Å². The number of benzene rings is 2. The Bertz CT molecular complexity index is 556. The first-order valence-corrected chi connectivity index (χ1v) is 7.85. The number of hydrogen-bond donors (Lipinski definition) is 1. The van der Waals surface area contributed by atoms with Crippen molar-refractivity contribution in [1.82, 2.24) is 0 Å². The summed E-state index contributed by atoms with van der Waals surface area (Å²) in [6.07, 6.45) is 4.45. The van der Waals surface area contributed by atoms with E-state index in [9.17, 15) is 4.39 Å². The molecule has 0 heterocycles. The van der Waals surface area contributed by atoms with Crippen molar-refractivity contribution in [2.75, 3.05) is 5.32 Å².